The van der Waals surface area contributed by atoms with Crippen molar-refractivity contribution in [1.82, 2.24) is 19.9 Å². The quantitative estimate of drug-likeness (QED) is 0.407. The largest absolute Gasteiger partial charge is 0.357 e. The van der Waals surface area contributed by atoms with E-state index in [1.807, 2.05) is 17.0 Å². The number of amides is 3. The molecule has 0 radical (unpaired) electrons. The molecule has 1 aromatic carbocycles. The van der Waals surface area contributed by atoms with Crippen molar-refractivity contribution in [2.45, 2.75) is 39.7 Å². The Morgan fingerprint density at radius 1 is 1.21 bits per heavy atom. The third-order valence-electron chi connectivity index (χ3n) is 5.66. The fourth-order valence-corrected chi connectivity index (χ4v) is 5.43. The number of piperazine rings is 1. The average Bonchev–Trinajstić information content (AvgIpc) is 3.26. The first kappa shape index (κ1) is 25.6. The molecule has 1 aliphatic heterocycles. The molecule has 11 nitrogen and oxygen atoms in total. The highest BCUT2D eigenvalue weighted by Crippen LogP contribution is 2.39. The van der Waals surface area contributed by atoms with Crippen molar-refractivity contribution in [2.75, 3.05) is 24.4 Å². The highest BCUT2D eigenvalue weighted by molar-refractivity contribution is 7.87. The van der Waals surface area contributed by atoms with Gasteiger partial charge in [-0.1, -0.05) is 19.1 Å². The van der Waals surface area contributed by atoms with E-state index in [4.69, 9.17) is 4.55 Å². The van der Waals surface area contributed by atoms with Crippen LogP contribution in [0, 0.1) is 0 Å². The zero-order valence-electron chi connectivity index (χ0n) is 19.3. The monoisotopic (exact) mass is 509 g/mol. The van der Waals surface area contributed by atoms with Crippen LogP contribution in [0.3, 0.4) is 0 Å². The van der Waals surface area contributed by atoms with Gasteiger partial charge in [0.05, 0.1) is 17.9 Å². The minimum atomic E-state index is -4.47. The van der Waals surface area contributed by atoms with Crippen LogP contribution in [0.15, 0.2) is 29.6 Å². The molecule has 0 bridgehead atoms. The van der Waals surface area contributed by atoms with Crippen LogP contribution >= 0.6 is 11.3 Å². The SMILES string of the molecule is CCc1csc([C@](C)(c2ccc(NS(=O)(=O)O)cc2)N(C(C)=O)N2CCN(CC)C(=O)C2=O)n1. The summed E-state index contributed by atoms with van der Waals surface area (Å²) in [4.78, 5) is 44.8. The van der Waals surface area contributed by atoms with Crippen LogP contribution in [0.5, 0.6) is 0 Å². The van der Waals surface area contributed by atoms with E-state index in [-0.39, 0.29) is 18.8 Å². The first-order chi connectivity index (χ1) is 15.9. The molecule has 1 aliphatic rings. The number of benzene rings is 1. The predicted molar refractivity (Wildman–Crippen MR) is 126 cm³/mol. The Hall–Kier alpha value is -3.03. The van der Waals surface area contributed by atoms with Crippen LogP contribution < -0.4 is 4.72 Å². The van der Waals surface area contributed by atoms with Gasteiger partial charge in [0, 0.05) is 25.4 Å². The van der Waals surface area contributed by atoms with Crippen molar-refractivity contribution in [3.8, 4) is 0 Å². The molecule has 13 heteroatoms. The van der Waals surface area contributed by atoms with E-state index in [1.165, 1.54) is 40.3 Å². The van der Waals surface area contributed by atoms with Gasteiger partial charge in [0.25, 0.3) is 0 Å². The van der Waals surface area contributed by atoms with E-state index in [0.29, 0.717) is 23.5 Å². The fraction of sp³-hybridized carbons (Fsp3) is 0.429. The van der Waals surface area contributed by atoms with Crippen molar-refractivity contribution in [1.29, 1.82) is 0 Å². The molecule has 1 aromatic heterocycles. The van der Waals surface area contributed by atoms with Gasteiger partial charge in [0.2, 0.25) is 5.91 Å². The topological polar surface area (TPSA) is 140 Å². The molecule has 184 valence electrons. The summed E-state index contributed by atoms with van der Waals surface area (Å²) < 4.78 is 33.4. The number of rotatable bonds is 8. The van der Waals surface area contributed by atoms with Crippen LogP contribution in [0.1, 0.15) is 44.0 Å². The zero-order chi connectivity index (χ0) is 25.3. The number of likely N-dealkylation sites (N-methyl/N-ethyl adjacent to an activating group) is 1. The summed E-state index contributed by atoms with van der Waals surface area (Å²) in [5, 5.41) is 4.80. The second-order valence-electron chi connectivity index (χ2n) is 7.87. The van der Waals surface area contributed by atoms with E-state index in [0.717, 1.165) is 10.7 Å². The van der Waals surface area contributed by atoms with Gasteiger partial charge in [-0.15, -0.1) is 11.3 Å². The van der Waals surface area contributed by atoms with Crippen molar-refractivity contribution < 1.29 is 27.4 Å². The second kappa shape index (κ2) is 9.68. The minimum absolute atomic E-state index is 0.110. The number of nitrogens with zero attached hydrogens (tertiary/aromatic N) is 4. The standard InChI is InChI=1S/C21H27N5O6S2/c1-5-16-13-33-20(22-16)21(4,15-7-9-17(10-8-15)23-34(30,31)32)26(14(3)27)25-12-11-24(6-2)18(28)19(25)29/h7-10,13,23H,5-6,11-12H2,1-4H3,(H,30,31,32)/t21-/m0/s1. The van der Waals surface area contributed by atoms with Gasteiger partial charge in [0.1, 0.15) is 10.5 Å². The minimum Gasteiger partial charge on any atom is -0.333 e. The number of hydrogen-bond donors (Lipinski definition) is 2. The number of anilines is 1. The van der Waals surface area contributed by atoms with Crippen LogP contribution in [-0.2, 0) is 36.6 Å². The van der Waals surface area contributed by atoms with Crippen LogP contribution in [0.4, 0.5) is 5.69 Å². The third-order valence-corrected chi connectivity index (χ3v) is 7.25. The van der Waals surface area contributed by atoms with E-state index < -0.39 is 33.6 Å². The van der Waals surface area contributed by atoms with Gasteiger partial charge in [0.15, 0.2) is 0 Å². The van der Waals surface area contributed by atoms with Crippen LogP contribution in [-0.4, -0.2) is 70.2 Å². The number of hydrogen-bond acceptors (Lipinski definition) is 7. The lowest BCUT2D eigenvalue weighted by Crippen LogP contribution is -2.65. The third kappa shape index (κ3) is 4.91. The Morgan fingerprint density at radius 3 is 2.35 bits per heavy atom. The number of nitrogens with one attached hydrogen (secondary N) is 1. The van der Waals surface area contributed by atoms with E-state index in [9.17, 15) is 22.8 Å². The van der Waals surface area contributed by atoms with E-state index >= 15 is 0 Å². The zero-order valence-corrected chi connectivity index (χ0v) is 20.9. The summed E-state index contributed by atoms with van der Waals surface area (Å²) in [5.41, 5.74) is 0.153. The first-order valence-corrected chi connectivity index (χ1v) is 13.0. The fourth-order valence-electron chi connectivity index (χ4n) is 3.92. The van der Waals surface area contributed by atoms with Crippen LogP contribution in [0.2, 0.25) is 0 Å². The summed E-state index contributed by atoms with van der Waals surface area (Å²) in [7, 11) is -4.47. The van der Waals surface area contributed by atoms with Crippen molar-refractivity contribution in [3.63, 3.8) is 0 Å². The van der Waals surface area contributed by atoms with E-state index in [1.54, 1.807) is 26.0 Å². The molecule has 34 heavy (non-hydrogen) atoms. The summed E-state index contributed by atoms with van der Waals surface area (Å²) in [6.45, 7) is 7.54. The molecule has 0 unspecified atom stereocenters. The molecule has 0 saturated carbocycles. The molecule has 3 rings (SSSR count). The molecule has 0 spiro atoms. The lowest BCUT2D eigenvalue weighted by atomic mass is 9.91. The summed E-state index contributed by atoms with van der Waals surface area (Å²) in [5.74, 6) is -1.98. The number of hydrazine groups is 1. The molecule has 2 aromatic rings. The maximum absolute atomic E-state index is 13.0. The van der Waals surface area contributed by atoms with Crippen molar-refractivity contribution >= 4 is 45.0 Å². The molecule has 1 fully saturated rings. The molecule has 1 saturated heterocycles. The summed E-state index contributed by atoms with van der Waals surface area (Å²) in [6, 6.07) is 6.00. The number of carbonyl (C=O) groups is 3. The predicted octanol–water partition coefficient (Wildman–Crippen LogP) is 1.64. The Labute approximate surface area is 202 Å². The molecular weight excluding hydrogens is 482 g/mol. The van der Waals surface area contributed by atoms with Gasteiger partial charge in [-0.2, -0.15) is 8.42 Å². The molecule has 1 atom stereocenters. The lowest BCUT2D eigenvalue weighted by Gasteiger charge is -2.47. The number of aromatic nitrogens is 1. The molecule has 2 heterocycles. The number of aryl methyl sites for hydroxylation is 1. The Kier molecular flexibility index (Phi) is 7.29. The second-order valence-corrected chi connectivity index (χ2v) is 9.88. The highest BCUT2D eigenvalue weighted by atomic mass is 32.2. The van der Waals surface area contributed by atoms with Gasteiger partial charge in [-0.25, -0.2) is 15.0 Å². The summed E-state index contributed by atoms with van der Waals surface area (Å²) >= 11 is 1.32. The van der Waals surface area contributed by atoms with Gasteiger partial charge in [-0.3, -0.25) is 23.7 Å². The Morgan fingerprint density at radius 2 is 1.85 bits per heavy atom. The smallest absolute Gasteiger partial charge is 0.333 e. The van der Waals surface area contributed by atoms with Crippen molar-refractivity contribution in [3.05, 3.63) is 45.9 Å². The van der Waals surface area contributed by atoms with Crippen molar-refractivity contribution in [2.24, 2.45) is 0 Å². The number of thiazole rings is 1. The molecule has 3 amide bonds. The van der Waals surface area contributed by atoms with Gasteiger partial charge >= 0.3 is 22.1 Å². The Bertz CT molecular complexity index is 1200. The highest BCUT2D eigenvalue weighted by Gasteiger charge is 2.47. The molecular formula is C21H27N5O6S2. The van der Waals surface area contributed by atoms with Crippen LogP contribution in [0.25, 0.3) is 0 Å². The maximum atomic E-state index is 13.0. The van der Waals surface area contributed by atoms with Gasteiger partial charge < -0.3 is 4.90 Å². The number of carbonyl (C=O) groups excluding carboxylic acids is 3. The Balaban J connectivity index is 2.15. The maximum Gasteiger partial charge on any atom is 0.357 e. The average molecular weight is 510 g/mol. The van der Waals surface area contributed by atoms with E-state index in [2.05, 4.69) is 4.98 Å². The lowest BCUT2D eigenvalue weighted by molar-refractivity contribution is -0.184. The summed E-state index contributed by atoms with van der Waals surface area (Å²) in [6.07, 6.45) is 0.663. The normalized spacial score (nSPS) is 16.4. The van der Waals surface area contributed by atoms with Gasteiger partial charge in [-0.05, 0) is 38.0 Å². The first-order valence-electron chi connectivity index (χ1n) is 10.6. The molecule has 2 N–H and O–H groups in total. The molecule has 0 aliphatic carbocycles.